The average molecular weight is 307 g/mol. The summed E-state index contributed by atoms with van der Waals surface area (Å²) in [6.07, 6.45) is 6.41. The standard InChI is InChI=1S/C14H21N5OS/c1-5-6-19-10(2)12(9-17-19)13(20)15-7-11-8-16-14(21-4)18(11)3/h8-9H,5-7H2,1-4H3,(H,15,20). The lowest BCUT2D eigenvalue weighted by Crippen LogP contribution is -2.24. The van der Waals surface area contributed by atoms with Gasteiger partial charge in [0, 0.05) is 19.3 Å². The Bertz CT molecular complexity index is 631. The number of imidazole rings is 1. The van der Waals surface area contributed by atoms with Crippen molar-refractivity contribution in [1.82, 2.24) is 24.6 Å². The van der Waals surface area contributed by atoms with E-state index in [1.165, 1.54) is 0 Å². The van der Waals surface area contributed by atoms with Crippen LogP contribution in [0.15, 0.2) is 17.6 Å². The van der Waals surface area contributed by atoms with Gasteiger partial charge in [-0.05, 0) is 19.6 Å². The van der Waals surface area contributed by atoms with Crippen molar-refractivity contribution < 1.29 is 4.79 Å². The van der Waals surface area contributed by atoms with E-state index >= 15 is 0 Å². The molecule has 0 aliphatic rings. The molecule has 7 heteroatoms. The fourth-order valence-electron chi connectivity index (χ4n) is 2.15. The first-order valence-corrected chi connectivity index (χ1v) is 8.16. The summed E-state index contributed by atoms with van der Waals surface area (Å²) < 4.78 is 3.85. The van der Waals surface area contributed by atoms with Crippen molar-refractivity contribution in [3.05, 3.63) is 29.3 Å². The summed E-state index contributed by atoms with van der Waals surface area (Å²) in [5.41, 5.74) is 2.52. The summed E-state index contributed by atoms with van der Waals surface area (Å²) in [6.45, 7) is 5.30. The molecule has 1 N–H and O–H groups in total. The molecule has 0 aliphatic heterocycles. The highest BCUT2D eigenvalue weighted by molar-refractivity contribution is 7.98. The minimum atomic E-state index is -0.0956. The molecule has 2 heterocycles. The minimum Gasteiger partial charge on any atom is -0.346 e. The van der Waals surface area contributed by atoms with E-state index in [0.29, 0.717) is 12.1 Å². The van der Waals surface area contributed by atoms with E-state index in [0.717, 1.165) is 29.5 Å². The van der Waals surface area contributed by atoms with E-state index in [-0.39, 0.29) is 5.91 Å². The monoisotopic (exact) mass is 307 g/mol. The van der Waals surface area contributed by atoms with Gasteiger partial charge >= 0.3 is 0 Å². The minimum absolute atomic E-state index is 0.0956. The van der Waals surface area contributed by atoms with E-state index < -0.39 is 0 Å². The average Bonchev–Trinajstić information content (AvgIpc) is 3.01. The topological polar surface area (TPSA) is 64.7 Å². The lowest BCUT2D eigenvalue weighted by molar-refractivity contribution is 0.0949. The van der Waals surface area contributed by atoms with Crippen molar-refractivity contribution in [2.24, 2.45) is 7.05 Å². The van der Waals surface area contributed by atoms with Crippen molar-refractivity contribution in [2.75, 3.05) is 6.26 Å². The number of hydrogen-bond donors (Lipinski definition) is 1. The van der Waals surface area contributed by atoms with Gasteiger partial charge in [0.05, 0.1) is 30.2 Å². The normalized spacial score (nSPS) is 10.9. The molecule has 2 aromatic heterocycles. The van der Waals surface area contributed by atoms with Gasteiger partial charge in [0.2, 0.25) is 0 Å². The van der Waals surface area contributed by atoms with Crippen LogP contribution < -0.4 is 5.32 Å². The van der Waals surface area contributed by atoms with Crippen molar-refractivity contribution in [3.8, 4) is 0 Å². The first-order chi connectivity index (χ1) is 10.1. The maximum Gasteiger partial charge on any atom is 0.255 e. The molecule has 0 aromatic carbocycles. The Morgan fingerprint density at radius 2 is 2.19 bits per heavy atom. The largest absolute Gasteiger partial charge is 0.346 e. The van der Waals surface area contributed by atoms with E-state index in [9.17, 15) is 4.79 Å². The third-order valence-corrected chi connectivity index (χ3v) is 4.18. The Hall–Kier alpha value is -1.76. The van der Waals surface area contributed by atoms with Gasteiger partial charge in [-0.2, -0.15) is 5.10 Å². The number of carbonyl (C=O) groups is 1. The molecule has 0 saturated carbocycles. The van der Waals surface area contributed by atoms with Crippen molar-refractivity contribution in [3.63, 3.8) is 0 Å². The molecule has 0 radical (unpaired) electrons. The molecular formula is C14H21N5OS. The summed E-state index contributed by atoms with van der Waals surface area (Å²) in [5.74, 6) is -0.0956. The quantitative estimate of drug-likeness (QED) is 0.829. The number of amides is 1. The summed E-state index contributed by atoms with van der Waals surface area (Å²) in [6, 6.07) is 0. The van der Waals surface area contributed by atoms with E-state index in [4.69, 9.17) is 0 Å². The summed E-state index contributed by atoms with van der Waals surface area (Å²) in [5, 5.41) is 8.12. The molecule has 0 atom stereocenters. The van der Waals surface area contributed by atoms with E-state index in [1.807, 2.05) is 29.5 Å². The van der Waals surface area contributed by atoms with Gasteiger partial charge in [0.15, 0.2) is 5.16 Å². The molecule has 6 nitrogen and oxygen atoms in total. The Balaban J connectivity index is 2.03. The number of nitrogens with zero attached hydrogens (tertiary/aromatic N) is 4. The van der Waals surface area contributed by atoms with E-state index in [2.05, 4.69) is 22.3 Å². The van der Waals surface area contributed by atoms with Crippen LogP contribution in [0.25, 0.3) is 0 Å². The van der Waals surface area contributed by atoms with Crippen molar-refractivity contribution >= 4 is 17.7 Å². The zero-order valence-electron chi connectivity index (χ0n) is 12.9. The maximum atomic E-state index is 12.2. The molecular weight excluding hydrogens is 286 g/mol. The molecule has 0 spiro atoms. The number of carbonyl (C=O) groups excluding carboxylic acids is 1. The third kappa shape index (κ3) is 3.29. The second-order valence-electron chi connectivity index (χ2n) is 4.84. The van der Waals surface area contributed by atoms with Crippen LogP contribution in [0.5, 0.6) is 0 Å². The van der Waals surface area contributed by atoms with Crippen molar-refractivity contribution in [2.45, 2.75) is 38.5 Å². The summed E-state index contributed by atoms with van der Waals surface area (Å²) >= 11 is 1.58. The fraction of sp³-hybridized carbons (Fsp3) is 0.500. The predicted molar refractivity (Wildman–Crippen MR) is 83.4 cm³/mol. The molecule has 2 rings (SSSR count). The second kappa shape index (κ2) is 6.80. The zero-order chi connectivity index (χ0) is 15.4. The number of aromatic nitrogens is 4. The molecule has 0 fully saturated rings. The zero-order valence-corrected chi connectivity index (χ0v) is 13.7. The molecule has 114 valence electrons. The Morgan fingerprint density at radius 1 is 1.43 bits per heavy atom. The lowest BCUT2D eigenvalue weighted by Gasteiger charge is -2.07. The van der Waals surface area contributed by atoms with Gasteiger partial charge in [-0.3, -0.25) is 9.48 Å². The number of hydrogen-bond acceptors (Lipinski definition) is 4. The Labute approximate surface area is 128 Å². The number of thioether (sulfide) groups is 1. The number of rotatable bonds is 6. The highest BCUT2D eigenvalue weighted by Crippen LogP contribution is 2.14. The summed E-state index contributed by atoms with van der Waals surface area (Å²) in [7, 11) is 1.95. The fourth-order valence-corrected chi connectivity index (χ4v) is 2.70. The molecule has 0 unspecified atom stereocenters. The van der Waals surface area contributed by atoms with Gasteiger partial charge < -0.3 is 9.88 Å². The molecule has 0 bridgehead atoms. The molecule has 1 amide bonds. The number of aryl methyl sites for hydroxylation is 1. The van der Waals surface area contributed by atoms with Gasteiger partial charge in [-0.1, -0.05) is 18.7 Å². The first-order valence-electron chi connectivity index (χ1n) is 6.93. The Morgan fingerprint density at radius 3 is 2.81 bits per heavy atom. The maximum absolute atomic E-state index is 12.2. The highest BCUT2D eigenvalue weighted by atomic mass is 32.2. The lowest BCUT2D eigenvalue weighted by atomic mass is 10.2. The van der Waals surface area contributed by atoms with Crippen LogP contribution in [0.4, 0.5) is 0 Å². The smallest absolute Gasteiger partial charge is 0.255 e. The number of nitrogens with one attached hydrogen (secondary N) is 1. The van der Waals surface area contributed by atoms with Crippen LogP contribution >= 0.6 is 11.8 Å². The second-order valence-corrected chi connectivity index (χ2v) is 5.62. The van der Waals surface area contributed by atoms with Gasteiger partial charge in [-0.15, -0.1) is 0 Å². The predicted octanol–water partition coefficient (Wildman–Crippen LogP) is 1.99. The van der Waals surface area contributed by atoms with Crippen LogP contribution in [0.3, 0.4) is 0 Å². The first kappa shape index (κ1) is 15.6. The SMILES string of the molecule is CCCn1ncc(C(=O)NCc2cnc(SC)n2C)c1C. The molecule has 0 saturated heterocycles. The van der Waals surface area contributed by atoms with Gasteiger partial charge in [0.25, 0.3) is 5.91 Å². The van der Waals surface area contributed by atoms with Crippen LogP contribution in [0.1, 0.15) is 35.1 Å². The highest BCUT2D eigenvalue weighted by Gasteiger charge is 2.14. The van der Waals surface area contributed by atoms with Crippen LogP contribution in [-0.4, -0.2) is 31.5 Å². The Kier molecular flexibility index (Phi) is 5.06. The third-order valence-electron chi connectivity index (χ3n) is 3.44. The van der Waals surface area contributed by atoms with Gasteiger partial charge in [0.1, 0.15) is 0 Å². The van der Waals surface area contributed by atoms with Gasteiger partial charge in [-0.25, -0.2) is 4.98 Å². The summed E-state index contributed by atoms with van der Waals surface area (Å²) in [4.78, 5) is 16.5. The molecule has 0 aliphatic carbocycles. The molecule has 21 heavy (non-hydrogen) atoms. The van der Waals surface area contributed by atoms with Crippen LogP contribution in [0.2, 0.25) is 0 Å². The molecule has 2 aromatic rings. The van der Waals surface area contributed by atoms with Crippen molar-refractivity contribution in [1.29, 1.82) is 0 Å². The van der Waals surface area contributed by atoms with E-state index in [1.54, 1.807) is 24.2 Å². The van der Waals surface area contributed by atoms with Crippen LogP contribution in [-0.2, 0) is 20.1 Å². The van der Waals surface area contributed by atoms with Crippen LogP contribution in [0, 0.1) is 6.92 Å².